The summed E-state index contributed by atoms with van der Waals surface area (Å²) in [7, 11) is -0.865. The van der Waals surface area contributed by atoms with Gasteiger partial charge in [0.05, 0.1) is 69.9 Å². The first-order valence-electron chi connectivity index (χ1n) is 18.9. The molecule has 10 nitrogen and oxygen atoms in total. The monoisotopic (exact) mass is 776 g/mol. The molecule has 2 fully saturated rings. The standard InChI is InChI=1S/C43H45ClN4O6Si/c1-27-40(55(3,4)34-17-15-33(53-2)16-18-34)38(23-39(50)46-20-8-12-32(46)26-49)54-43(27)36-22-30(44)14-19-37(36)47(42(43)52)25-28-9-7-11-31(21-28)48-41(51)35-13-6-5-10-29(35)24-45-48/h5-7,9-11,13-19,21-22,24,27,32,38,40,49H,8,12,20,23,25-26H2,1-4H3/t27-,32+,38+,40-,43+/m1/s1. The average Bonchev–Trinajstić information content (AvgIpc) is 3.85. The Kier molecular flexibility index (Phi) is 9.69. The van der Waals surface area contributed by atoms with Gasteiger partial charge in [-0.15, -0.1) is 0 Å². The molecule has 2 saturated heterocycles. The van der Waals surface area contributed by atoms with Crippen LogP contribution in [0.3, 0.4) is 0 Å². The van der Waals surface area contributed by atoms with Crippen molar-refractivity contribution >= 4 is 53.1 Å². The molecule has 0 aliphatic carbocycles. The summed E-state index contributed by atoms with van der Waals surface area (Å²) >= 11 is 6.71. The van der Waals surface area contributed by atoms with Gasteiger partial charge in [0.2, 0.25) is 5.91 Å². The van der Waals surface area contributed by atoms with Crippen LogP contribution in [0.15, 0.2) is 102 Å². The van der Waals surface area contributed by atoms with Gasteiger partial charge in [-0.1, -0.05) is 79.3 Å². The Balaban J connectivity index is 1.19. The van der Waals surface area contributed by atoms with Crippen LogP contribution < -0.4 is 20.4 Å². The van der Waals surface area contributed by atoms with Crippen LogP contribution in [0.2, 0.25) is 23.7 Å². The zero-order chi connectivity index (χ0) is 38.6. The fourth-order valence-electron chi connectivity index (χ4n) is 9.53. The van der Waals surface area contributed by atoms with Crippen molar-refractivity contribution in [1.29, 1.82) is 0 Å². The van der Waals surface area contributed by atoms with E-state index >= 15 is 4.79 Å². The number of carbonyl (C=O) groups is 2. The molecule has 3 aliphatic heterocycles. The van der Waals surface area contributed by atoms with E-state index < -0.39 is 19.8 Å². The molecule has 8 rings (SSSR count). The molecule has 284 valence electrons. The largest absolute Gasteiger partial charge is 0.497 e. The van der Waals surface area contributed by atoms with Gasteiger partial charge < -0.3 is 24.4 Å². The summed E-state index contributed by atoms with van der Waals surface area (Å²) in [5.41, 5.74) is 1.00. The van der Waals surface area contributed by atoms with Crippen molar-refractivity contribution in [2.45, 2.75) is 69.1 Å². The summed E-state index contributed by atoms with van der Waals surface area (Å²) in [4.78, 5) is 46.4. The van der Waals surface area contributed by atoms with Crippen molar-refractivity contribution in [3.63, 3.8) is 0 Å². The highest BCUT2D eigenvalue weighted by Gasteiger charge is 2.66. The molecule has 1 aromatic heterocycles. The highest BCUT2D eigenvalue weighted by Crippen LogP contribution is 2.60. The number of hydrogen-bond acceptors (Lipinski definition) is 7. The van der Waals surface area contributed by atoms with Crippen LogP contribution in [-0.2, 0) is 26.5 Å². The third-order valence-electron chi connectivity index (χ3n) is 12.3. The van der Waals surface area contributed by atoms with Gasteiger partial charge >= 0.3 is 0 Å². The molecule has 5 atom stereocenters. The van der Waals surface area contributed by atoms with Crippen molar-refractivity contribution in [3.05, 3.63) is 124 Å². The molecule has 0 unspecified atom stereocenters. The first-order chi connectivity index (χ1) is 26.5. The Morgan fingerprint density at radius 3 is 2.58 bits per heavy atom. The van der Waals surface area contributed by atoms with Crippen LogP contribution in [0.4, 0.5) is 5.69 Å². The van der Waals surface area contributed by atoms with Gasteiger partial charge in [-0.05, 0) is 72.5 Å². The van der Waals surface area contributed by atoms with Gasteiger partial charge in [0, 0.05) is 28.4 Å². The number of methoxy groups -OCH3 is 1. The molecule has 12 heteroatoms. The van der Waals surface area contributed by atoms with Crippen LogP contribution in [0, 0.1) is 5.92 Å². The van der Waals surface area contributed by atoms with Gasteiger partial charge in [0.25, 0.3) is 11.5 Å². The minimum Gasteiger partial charge on any atom is -0.497 e. The minimum atomic E-state index is -2.51. The molecule has 5 aromatic rings. The second-order valence-electron chi connectivity index (χ2n) is 15.6. The number of hydrogen-bond donors (Lipinski definition) is 1. The number of likely N-dealkylation sites (tertiary alicyclic amines) is 1. The lowest BCUT2D eigenvalue weighted by Gasteiger charge is -2.37. The summed E-state index contributed by atoms with van der Waals surface area (Å²) in [5.74, 6) is 0.144. The van der Waals surface area contributed by atoms with Crippen LogP contribution >= 0.6 is 11.6 Å². The van der Waals surface area contributed by atoms with Crippen molar-refractivity contribution < 1.29 is 24.2 Å². The van der Waals surface area contributed by atoms with Gasteiger partial charge in [-0.3, -0.25) is 14.4 Å². The van der Waals surface area contributed by atoms with E-state index in [-0.39, 0.29) is 54.4 Å². The van der Waals surface area contributed by atoms with E-state index in [2.05, 4.69) is 37.2 Å². The Hall–Kier alpha value is -4.81. The van der Waals surface area contributed by atoms with Crippen LogP contribution in [0.25, 0.3) is 16.5 Å². The molecule has 1 spiro atoms. The van der Waals surface area contributed by atoms with Crippen molar-refractivity contribution in [2.75, 3.05) is 25.2 Å². The number of aliphatic hydroxyl groups excluding tert-OH is 1. The Morgan fingerprint density at radius 2 is 1.82 bits per heavy atom. The predicted molar refractivity (Wildman–Crippen MR) is 216 cm³/mol. The molecule has 2 amide bonds. The number of aliphatic hydroxyl groups is 1. The number of anilines is 1. The van der Waals surface area contributed by atoms with E-state index in [1.807, 2.05) is 66.7 Å². The number of carbonyl (C=O) groups excluding carboxylic acids is 2. The topological polar surface area (TPSA) is 114 Å². The van der Waals surface area contributed by atoms with Crippen LogP contribution in [-0.4, -0.2) is 72.1 Å². The van der Waals surface area contributed by atoms with E-state index in [9.17, 15) is 14.7 Å². The van der Waals surface area contributed by atoms with Gasteiger partial charge in [0.1, 0.15) is 5.75 Å². The number of rotatable bonds is 9. The van der Waals surface area contributed by atoms with Gasteiger partial charge in [-0.25, -0.2) is 0 Å². The molecule has 4 aromatic carbocycles. The summed E-state index contributed by atoms with van der Waals surface area (Å²) in [6, 6.07) is 28.3. The lowest BCUT2D eigenvalue weighted by molar-refractivity contribution is -0.150. The van der Waals surface area contributed by atoms with Crippen LogP contribution in [0.5, 0.6) is 5.75 Å². The smallest absolute Gasteiger partial charge is 0.279 e. The first kappa shape index (κ1) is 37.1. The van der Waals surface area contributed by atoms with E-state index in [0.717, 1.165) is 29.5 Å². The van der Waals surface area contributed by atoms with Gasteiger partial charge in [0.15, 0.2) is 5.60 Å². The molecule has 3 aliphatic rings. The summed E-state index contributed by atoms with van der Waals surface area (Å²) in [6.07, 6.45) is 2.80. The molecule has 0 radical (unpaired) electrons. The second kappa shape index (κ2) is 14.4. The van der Waals surface area contributed by atoms with Crippen LogP contribution in [0.1, 0.15) is 37.3 Å². The molecular weight excluding hydrogens is 732 g/mol. The SMILES string of the molecule is COc1ccc([Si](C)(C)[C@H]2[C@H](CC(=O)N3CCC[C@H]3CO)O[C@@]3(C(=O)N(Cc4cccc(-n5ncc6ccccc6c5=O)c4)c4ccc(Cl)cc43)[C@@H]2C)cc1. The quantitative estimate of drug-likeness (QED) is 0.178. The van der Waals surface area contributed by atoms with E-state index in [0.29, 0.717) is 33.9 Å². The third-order valence-corrected chi connectivity index (χ3v) is 16.9. The number of benzene rings is 4. The van der Waals surface area contributed by atoms with E-state index in [4.69, 9.17) is 21.1 Å². The summed E-state index contributed by atoms with van der Waals surface area (Å²) in [6.45, 7) is 7.37. The maximum Gasteiger partial charge on any atom is 0.279 e. The highest BCUT2D eigenvalue weighted by molar-refractivity contribution is 6.91. The van der Waals surface area contributed by atoms with Crippen molar-refractivity contribution in [1.82, 2.24) is 14.7 Å². The summed E-state index contributed by atoms with van der Waals surface area (Å²) in [5, 5.41) is 17.5. The molecule has 0 bridgehead atoms. The van der Waals surface area contributed by atoms with Crippen molar-refractivity contribution in [2.24, 2.45) is 5.92 Å². The number of ether oxygens (including phenoxy) is 2. The minimum absolute atomic E-state index is 0.0710. The fraction of sp³-hybridized carbons (Fsp3) is 0.349. The predicted octanol–water partition coefficient (Wildman–Crippen LogP) is 6.18. The zero-order valence-electron chi connectivity index (χ0n) is 31.4. The Bertz CT molecular complexity index is 2350. The molecule has 0 saturated carbocycles. The fourth-order valence-corrected chi connectivity index (χ4v) is 13.7. The number of fused-ring (bicyclic) bond motifs is 3. The average molecular weight is 777 g/mol. The lowest BCUT2D eigenvalue weighted by Crippen LogP contribution is -2.52. The Morgan fingerprint density at radius 1 is 1.04 bits per heavy atom. The second-order valence-corrected chi connectivity index (χ2v) is 20.7. The summed E-state index contributed by atoms with van der Waals surface area (Å²) < 4.78 is 14.0. The number of nitrogens with zero attached hydrogens (tertiary/aromatic N) is 4. The van der Waals surface area contributed by atoms with E-state index in [1.54, 1.807) is 35.2 Å². The first-order valence-corrected chi connectivity index (χ1v) is 22.3. The maximum absolute atomic E-state index is 15.3. The maximum atomic E-state index is 15.3. The highest BCUT2D eigenvalue weighted by atomic mass is 35.5. The van der Waals surface area contributed by atoms with Crippen molar-refractivity contribution in [3.8, 4) is 11.4 Å². The lowest BCUT2D eigenvalue weighted by atomic mass is 9.82. The molecule has 55 heavy (non-hydrogen) atoms. The number of aromatic nitrogens is 2. The zero-order valence-corrected chi connectivity index (χ0v) is 33.2. The van der Waals surface area contributed by atoms with E-state index in [1.165, 1.54) is 9.87 Å². The number of halogens is 1. The normalized spacial score (nSPS) is 23.6. The number of amides is 2. The third kappa shape index (κ3) is 6.17. The van der Waals surface area contributed by atoms with Gasteiger partial charge in [-0.2, -0.15) is 9.78 Å². The molecule has 4 heterocycles. The molecule has 1 N–H and O–H groups in total. The molecular formula is C43H45ClN4O6Si. The Labute approximate surface area is 326 Å².